The van der Waals surface area contributed by atoms with E-state index < -0.39 is 0 Å². The van der Waals surface area contributed by atoms with Gasteiger partial charge in [0.2, 0.25) is 5.91 Å². The monoisotopic (exact) mass is 425 g/mol. The summed E-state index contributed by atoms with van der Waals surface area (Å²) in [4.78, 5) is 29.6. The van der Waals surface area contributed by atoms with Crippen molar-refractivity contribution >= 4 is 36.0 Å². The number of piperidine rings is 1. The summed E-state index contributed by atoms with van der Waals surface area (Å²) in [5.41, 5.74) is 0.748. The van der Waals surface area contributed by atoms with Gasteiger partial charge in [-0.1, -0.05) is 25.1 Å². The topological polar surface area (TPSA) is 52.7 Å². The van der Waals surface area contributed by atoms with Gasteiger partial charge in [0, 0.05) is 61.8 Å². The predicted octanol–water partition coefficient (Wildman–Crippen LogP) is 3.05. The molecule has 2 saturated heterocycles. The van der Waals surface area contributed by atoms with E-state index in [1.807, 2.05) is 47.0 Å². The fourth-order valence-electron chi connectivity index (χ4n) is 3.97. The Morgan fingerprint density at radius 3 is 2.54 bits per heavy atom. The van der Waals surface area contributed by atoms with Crippen LogP contribution in [0.25, 0.3) is 0 Å². The fourth-order valence-corrected chi connectivity index (χ4v) is 4.92. The van der Waals surface area contributed by atoms with Crippen LogP contribution in [0.3, 0.4) is 0 Å². The quantitative estimate of drug-likeness (QED) is 0.761. The van der Waals surface area contributed by atoms with Crippen LogP contribution in [0.15, 0.2) is 30.3 Å². The molecule has 2 aliphatic heterocycles. The summed E-state index contributed by atoms with van der Waals surface area (Å²) < 4.78 is 0. The Hall–Kier alpha value is -1.24. The number of nitrogens with zero attached hydrogens (tertiary/aromatic N) is 2. The van der Waals surface area contributed by atoms with Crippen LogP contribution in [-0.2, 0) is 4.79 Å². The molecule has 2 fully saturated rings. The molecule has 0 bridgehead atoms. The number of hydrogen-bond donors (Lipinski definition) is 1. The Bertz CT molecular complexity index is 617. The van der Waals surface area contributed by atoms with Crippen molar-refractivity contribution in [2.75, 3.05) is 37.7 Å². The highest BCUT2D eigenvalue weighted by Gasteiger charge is 2.30. The van der Waals surface area contributed by atoms with Crippen LogP contribution in [0.1, 0.15) is 43.0 Å². The lowest BCUT2D eigenvalue weighted by atomic mass is 10.0. The maximum Gasteiger partial charge on any atom is 0.253 e. The van der Waals surface area contributed by atoms with E-state index in [4.69, 9.17) is 0 Å². The van der Waals surface area contributed by atoms with Gasteiger partial charge in [0.1, 0.15) is 0 Å². The molecule has 2 aliphatic rings. The Labute approximate surface area is 179 Å². The zero-order valence-corrected chi connectivity index (χ0v) is 18.3. The Morgan fingerprint density at radius 2 is 1.93 bits per heavy atom. The van der Waals surface area contributed by atoms with E-state index in [1.54, 1.807) is 0 Å². The standard InChI is InChI=1S/C21H31N3O2S.ClH/c1-2-11-24(20(25)15-18-16-27-14-10-22-18)19-8-12-23(13-9-19)21(26)17-6-4-3-5-7-17;/h3-7,18-19,22H,2,8-16H2,1H3;1H. The van der Waals surface area contributed by atoms with Crippen LogP contribution in [0.5, 0.6) is 0 Å². The molecule has 1 N–H and O–H groups in total. The first-order valence-electron chi connectivity index (χ1n) is 10.1. The summed E-state index contributed by atoms with van der Waals surface area (Å²) in [5, 5.41) is 3.47. The van der Waals surface area contributed by atoms with Crippen molar-refractivity contribution in [3.05, 3.63) is 35.9 Å². The molecule has 2 heterocycles. The first kappa shape index (κ1) is 23.0. The largest absolute Gasteiger partial charge is 0.340 e. The van der Waals surface area contributed by atoms with Gasteiger partial charge in [0.05, 0.1) is 0 Å². The molecule has 1 aromatic carbocycles. The number of carbonyl (C=O) groups is 2. The molecule has 1 aromatic rings. The molecule has 2 amide bonds. The predicted molar refractivity (Wildman–Crippen MR) is 118 cm³/mol. The number of hydrogen-bond acceptors (Lipinski definition) is 4. The lowest BCUT2D eigenvalue weighted by Gasteiger charge is -2.39. The minimum atomic E-state index is 0. The molecule has 0 radical (unpaired) electrons. The number of nitrogens with one attached hydrogen (secondary N) is 1. The molecule has 0 saturated carbocycles. The first-order valence-corrected chi connectivity index (χ1v) is 11.3. The van der Waals surface area contributed by atoms with Crippen LogP contribution in [0.2, 0.25) is 0 Å². The van der Waals surface area contributed by atoms with Crippen LogP contribution in [0, 0.1) is 0 Å². The van der Waals surface area contributed by atoms with Gasteiger partial charge in [0.15, 0.2) is 0 Å². The van der Waals surface area contributed by atoms with Crippen LogP contribution < -0.4 is 5.32 Å². The summed E-state index contributed by atoms with van der Waals surface area (Å²) in [6.45, 7) is 5.39. The van der Waals surface area contributed by atoms with Crippen molar-refractivity contribution in [3.63, 3.8) is 0 Å². The number of halogens is 1. The van der Waals surface area contributed by atoms with Crippen molar-refractivity contribution in [1.82, 2.24) is 15.1 Å². The minimum Gasteiger partial charge on any atom is -0.340 e. The Morgan fingerprint density at radius 1 is 1.21 bits per heavy atom. The lowest BCUT2D eigenvalue weighted by Crippen LogP contribution is -2.50. The Balaban J connectivity index is 0.00000280. The van der Waals surface area contributed by atoms with Crippen molar-refractivity contribution in [1.29, 1.82) is 0 Å². The SMILES string of the molecule is CCCN(C(=O)CC1CSCCN1)C1CCN(C(=O)c2ccccc2)CC1.Cl. The first-order chi connectivity index (χ1) is 13.2. The molecule has 0 spiro atoms. The second-order valence-electron chi connectivity index (χ2n) is 7.41. The zero-order valence-electron chi connectivity index (χ0n) is 16.6. The van der Waals surface area contributed by atoms with E-state index in [1.165, 1.54) is 0 Å². The lowest BCUT2D eigenvalue weighted by molar-refractivity contribution is -0.134. The minimum absolute atomic E-state index is 0. The molecule has 0 aliphatic carbocycles. The van der Waals surface area contributed by atoms with Crippen LogP contribution in [-0.4, -0.2) is 71.4 Å². The average molecular weight is 426 g/mol. The van der Waals surface area contributed by atoms with Gasteiger partial charge in [-0.15, -0.1) is 12.4 Å². The number of likely N-dealkylation sites (tertiary alicyclic amines) is 1. The van der Waals surface area contributed by atoms with Gasteiger partial charge >= 0.3 is 0 Å². The summed E-state index contributed by atoms with van der Waals surface area (Å²) in [5.74, 6) is 2.53. The molecule has 5 nitrogen and oxygen atoms in total. The molecule has 28 heavy (non-hydrogen) atoms. The van der Waals surface area contributed by atoms with E-state index >= 15 is 0 Å². The van der Waals surface area contributed by atoms with E-state index in [-0.39, 0.29) is 30.3 Å². The maximum absolute atomic E-state index is 12.9. The maximum atomic E-state index is 12.9. The summed E-state index contributed by atoms with van der Waals surface area (Å²) in [6.07, 6.45) is 3.31. The second kappa shape index (κ2) is 11.7. The fraction of sp³-hybridized carbons (Fsp3) is 0.619. The van der Waals surface area contributed by atoms with Gasteiger partial charge in [-0.2, -0.15) is 11.8 Å². The Kier molecular flexibility index (Phi) is 9.62. The molecule has 1 unspecified atom stereocenters. The zero-order chi connectivity index (χ0) is 19.1. The van der Waals surface area contributed by atoms with E-state index in [2.05, 4.69) is 17.1 Å². The van der Waals surface area contributed by atoms with Crippen molar-refractivity contribution in [2.45, 2.75) is 44.7 Å². The van der Waals surface area contributed by atoms with Crippen molar-refractivity contribution < 1.29 is 9.59 Å². The van der Waals surface area contributed by atoms with Gasteiger partial charge in [-0.05, 0) is 31.4 Å². The average Bonchev–Trinajstić information content (AvgIpc) is 2.73. The van der Waals surface area contributed by atoms with E-state index in [0.29, 0.717) is 12.5 Å². The number of rotatable bonds is 6. The number of amides is 2. The number of benzene rings is 1. The third kappa shape index (κ3) is 6.13. The van der Waals surface area contributed by atoms with Crippen LogP contribution in [0.4, 0.5) is 0 Å². The highest BCUT2D eigenvalue weighted by atomic mass is 35.5. The molecule has 7 heteroatoms. The number of thioether (sulfide) groups is 1. The second-order valence-corrected chi connectivity index (χ2v) is 8.56. The molecule has 3 rings (SSSR count). The van der Waals surface area contributed by atoms with Gasteiger partial charge < -0.3 is 15.1 Å². The smallest absolute Gasteiger partial charge is 0.253 e. The summed E-state index contributed by atoms with van der Waals surface area (Å²) >= 11 is 1.93. The highest BCUT2D eigenvalue weighted by Crippen LogP contribution is 2.21. The molecule has 0 aromatic heterocycles. The van der Waals surface area contributed by atoms with E-state index in [0.717, 1.165) is 62.5 Å². The highest BCUT2D eigenvalue weighted by molar-refractivity contribution is 7.99. The van der Waals surface area contributed by atoms with Gasteiger partial charge in [0.25, 0.3) is 5.91 Å². The third-order valence-corrected chi connectivity index (χ3v) is 6.55. The molecule has 156 valence electrons. The summed E-state index contributed by atoms with van der Waals surface area (Å²) in [6, 6.07) is 10.0. The van der Waals surface area contributed by atoms with E-state index in [9.17, 15) is 9.59 Å². The van der Waals surface area contributed by atoms with Gasteiger partial charge in [-0.25, -0.2) is 0 Å². The van der Waals surface area contributed by atoms with Crippen molar-refractivity contribution in [3.8, 4) is 0 Å². The van der Waals surface area contributed by atoms with Crippen molar-refractivity contribution in [2.24, 2.45) is 0 Å². The molecule has 1 atom stereocenters. The number of carbonyl (C=O) groups excluding carboxylic acids is 2. The molecular formula is C21H32ClN3O2S. The van der Waals surface area contributed by atoms with Crippen LogP contribution >= 0.6 is 24.2 Å². The molecular weight excluding hydrogens is 394 g/mol. The summed E-state index contributed by atoms with van der Waals surface area (Å²) in [7, 11) is 0. The normalized spacial score (nSPS) is 20.3. The van der Waals surface area contributed by atoms with Gasteiger partial charge in [-0.3, -0.25) is 9.59 Å². The third-order valence-electron chi connectivity index (χ3n) is 5.42.